The largest absolute Gasteiger partial charge is 0.490 e. The smallest absolute Gasteiger partial charge is 0.223 e. The Morgan fingerprint density at radius 2 is 1.83 bits per heavy atom. The molecule has 0 radical (unpaired) electrons. The summed E-state index contributed by atoms with van der Waals surface area (Å²) in [5.41, 5.74) is 9.26. The summed E-state index contributed by atoms with van der Waals surface area (Å²) < 4.78 is 6.24. The maximum Gasteiger partial charge on any atom is 0.223 e. The van der Waals surface area contributed by atoms with Crippen molar-refractivity contribution in [3.8, 4) is 5.75 Å². The fourth-order valence-electron chi connectivity index (χ4n) is 6.12. The highest BCUT2D eigenvalue weighted by atomic mass is 35.5. The highest BCUT2D eigenvalue weighted by molar-refractivity contribution is 6.31. The molecule has 5 atom stereocenters. The number of benzene rings is 2. The zero-order valence-electron chi connectivity index (χ0n) is 21.4. The van der Waals surface area contributed by atoms with Crippen LogP contribution < -0.4 is 20.9 Å². The number of halogens is 1. The first-order valence-corrected chi connectivity index (χ1v) is 13.9. The Morgan fingerprint density at radius 3 is 2.56 bits per heavy atom. The SMILES string of the molecule is CC[C@@H](NC(=O)C1CCC2NNC(c3ccc(OC4CCN(C)CC4)cc3)C2C1)c1ccccc1Cl. The van der Waals surface area contributed by atoms with Crippen molar-refractivity contribution in [3.63, 3.8) is 0 Å². The summed E-state index contributed by atoms with van der Waals surface area (Å²) in [5, 5.41) is 4.00. The lowest BCUT2D eigenvalue weighted by Gasteiger charge is -2.33. The zero-order valence-corrected chi connectivity index (χ0v) is 22.1. The summed E-state index contributed by atoms with van der Waals surface area (Å²) >= 11 is 6.42. The average molecular weight is 511 g/mol. The summed E-state index contributed by atoms with van der Waals surface area (Å²) in [6.45, 7) is 4.28. The van der Waals surface area contributed by atoms with E-state index in [1.807, 2.05) is 24.3 Å². The predicted molar refractivity (Wildman–Crippen MR) is 144 cm³/mol. The van der Waals surface area contributed by atoms with Gasteiger partial charge in [-0.2, -0.15) is 0 Å². The van der Waals surface area contributed by atoms with Gasteiger partial charge in [-0.25, -0.2) is 5.43 Å². The first-order chi connectivity index (χ1) is 17.5. The van der Waals surface area contributed by atoms with Crippen LogP contribution >= 0.6 is 11.6 Å². The van der Waals surface area contributed by atoms with Crippen molar-refractivity contribution in [2.24, 2.45) is 11.8 Å². The van der Waals surface area contributed by atoms with E-state index in [1.54, 1.807) is 0 Å². The summed E-state index contributed by atoms with van der Waals surface area (Å²) in [4.78, 5) is 15.7. The number of nitrogens with zero attached hydrogens (tertiary/aromatic N) is 1. The molecule has 6 nitrogen and oxygen atoms in total. The van der Waals surface area contributed by atoms with E-state index in [0.29, 0.717) is 23.1 Å². The first-order valence-electron chi connectivity index (χ1n) is 13.5. The molecule has 0 bridgehead atoms. The number of amides is 1. The van der Waals surface area contributed by atoms with E-state index in [2.05, 4.69) is 59.3 Å². The van der Waals surface area contributed by atoms with Gasteiger partial charge in [-0.3, -0.25) is 10.2 Å². The molecule has 194 valence electrons. The van der Waals surface area contributed by atoms with Gasteiger partial charge in [0.15, 0.2) is 0 Å². The van der Waals surface area contributed by atoms with E-state index in [1.165, 1.54) is 5.56 Å². The molecule has 1 aliphatic carbocycles. The number of likely N-dealkylation sites (tertiary alicyclic amines) is 1. The second-order valence-electron chi connectivity index (χ2n) is 10.7. The van der Waals surface area contributed by atoms with Crippen LogP contribution in [0.4, 0.5) is 0 Å². The van der Waals surface area contributed by atoms with Crippen LogP contribution in [0, 0.1) is 11.8 Å². The van der Waals surface area contributed by atoms with Crippen molar-refractivity contribution in [2.75, 3.05) is 20.1 Å². The van der Waals surface area contributed by atoms with E-state index < -0.39 is 0 Å². The predicted octanol–water partition coefficient (Wildman–Crippen LogP) is 5.01. The Kier molecular flexibility index (Phi) is 8.16. The van der Waals surface area contributed by atoms with Crippen LogP contribution in [-0.2, 0) is 4.79 Å². The number of ether oxygens (including phenoxy) is 1. The maximum absolute atomic E-state index is 13.3. The van der Waals surface area contributed by atoms with Crippen LogP contribution in [0.25, 0.3) is 0 Å². The van der Waals surface area contributed by atoms with Crippen molar-refractivity contribution < 1.29 is 9.53 Å². The molecule has 2 aromatic carbocycles. The van der Waals surface area contributed by atoms with Crippen molar-refractivity contribution in [2.45, 2.75) is 69.7 Å². The molecule has 5 rings (SSSR count). The van der Waals surface area contributed by atoms with Gasteiger partial charge < -0.3 is 15.0 Å². The van der Waals surface area contributed by atoms with Crippen LogP contribution in [0.3, 0.4) is 0 Å². The standard InChI is InChI=1S/C29H39ClN4O2/c1-3-26(23-6-4-5-7-25(23)30)31-29(35)20-10-13-27-24(18-20)28(33-32-27)19-8-11-21(12-9-19)36-22-14-16-34(2)17-15-22/h4-9,11-12,20,22,24,26-28,32-33H,3,10,13-18H2,1-2H3,(H,31,35)/t20?,24?,26-,27?,28?/m1/s1. The number of piperidine rings is 1. The number of hydrazine groups is 1. The van der Waals surface area contributed by atoms with Crippen molar-refractivity contribution in [1.82, 2.24) is 21.1 Å². The van der Waals surface area contributed by atoms with Gasteiger partial charge in [0.2, 0.25) is 5.91 Å². The zero-order chi connectivity index (χ0) is 25.1. The lowest BCUT2D eigenvalue weighted by Crippen LogP contribution is -2.41. The number of carbonyl (C=O) groups is 1. The molecule has 2 aromatic rings. The lowest BCUT2D eigenvalue weighted by atomic mass is 9.74. The van der Waals surface area contributed by atoms with Gasteiger partial charge >= 0.3 is 0 Å². The molecule has 0 aromatic heterocycles. The Labute approximate surface area is 220 Å². The number of fused-ring (bicyclic) bond motifs is 1. The highest BCUT2D eigenvalue weighted by Crippen LogP contribution is 2.41. The minimum Gasteiger partial charge on any atom is -0.490 e. The van der Waals surface area contributed by atoms with Gasteiger partial charge in [0, 0.05) is 30.1 Å². The van der Waals surface area contributed by atoms with Gasteiger partial charge in [0.05, 0.1) is 12.1 Å². The molecule has 4 unspecified atom stereocenters. The number of hydrogen-bond acceptors (Lipinski definition) is 5. The summed E-state index contributed by atoms with van der Waals surface area (Å²) in [5.74, 6) is 1.48. The second-order valence-corrected chi connectivity index (χ2v) is 11.1. The quantitative estimate of drug-likeness (QED) is 0.488. The van der Waals surface area contributed by atoms with E-state index in [4.69, 9.17) is 16.3 Å². The van der Waals surface area contributed by atoms with Crippen LogP contribution in [0.5, 0.6) is 5.75 Å². The number of hydrogen-bond donors (Lipinski definition) is 3. The fraction of sp³-hybridized carbons (Fsp3) is 0.552. The molecule has 7 heteroatoms. The minimum absolute atomic E-state index is 0.0130. The molecule has 2 saturated heterocycles. The molecule has 3 aliphatic rings. The second kappa shape index (κ2) is 11.5. The Balaban J connectivity index is 1.20. The van der Waals surface area contributed by atoms with Gasteiger partial charge in [0.1, 0.15) is 11.9 Å². The molecule has 3 N–H and O–H groups in total. The summed E-state index contributed by atoms with van der Waals surface area (Å²) in [6.07, 6.45) is 6.03. The van der Waals surface area contributed by atoms with Crippen LogP contribution in [0.1, 0.15) is 68.7 Å². The number of rotatable bonds is 7. The third-order valence-electron chi connectivity index (χ3n) is 8.34. The van der Waals surface area contributed by atoms with E-state index in [9.17, 15) is 4.79 Å². The average Bonchev–Trinajstić information content (AvgIpc) is 3.33. The van der Waals surface area contributed by atoms with E-state index in [0.717, 1.165) is 62.9 Å². The van der Waals surface area contributed by atoms with Crippen LogP contribution in [0.2, 0.25) is 5.02 Å². The monoisotopic (exact) mass is 510 g/mol. The number of nitrogens with one attached hydrogen (secondary N) is 3. The Morgan fingerprint density at radius 1 is 1.08 bits per heavy atom. The van der Waals surface area contributed by atoms with E-state index >= 15 is 0 Å². The first kappa shape index (κ1) is 25.5. The highest BCUT2D eigenvalue weighted by Gasteiger charge is 2.43. The van der Waals surface area contributed by atoms with Crippen LogP contribution in [0.15, 0.2) is 48.5 Å². The Hall–Kier alpha value is -2.12. The fourth-order valence-corrected chi connectivity index (χ4v) is 6.39. The lowest BCUT2D eigenvalue weighted by molar-refractivity contribution is -0.127. The summed E-state index contributed by atoms with van der Waals surface area (Å²) in [6, 6.07) is 16.9. The van der Waals surface area contributed by atoms with Gasteiger partial charge in [-0.15, -0.1) is 0 Å². The molecule has 0 spiro atoms. The van der Waals surface area contributed by atoms with Crippen molar-refractivity contribution in [3.05, 3.63) is 64.7 Å². The molecule has 1 saturated carbocycles. The third-order valence-corrected chi connectivity index (χ3v) is 8.68. The molecule has 36 heavy (non-hydrogen) atoms. The molecule has 3 fully saturated rings. The van der Waals surface area contributed by atoms with Crippen molar-refractivity contribution in [1.29, 1.82) is 0 Å². The molecular formula is C29H39ClN4O2. The number of carbonyl (C=O) groups excluding carboxylic acids is 1. The van der Waals surface area contributed by atoms with Gasteiger partial charge in [-0.05, 0) is 80.8 Å². The topological polar surface area (TPSA) is 65.6 Å². The van der Waals surface area contributed by atoms with Gasteiger partial charge in [-0.1, -0.05) is 48.9 Å². The van der Waals surface area contributed by atoms with E-state index in [-0.39, 0.29) is 23.9 Å². The molecule has 1 amide bonds. The van der Waals surface area contributed by atoms with Crippen molar-refractivity contribution >= 4 is 17.5 Å². The molecule has 2 aliphatic heterocycles. The Bertz CT molecular complexity index is 1020. The minimum atomic E-state index is -0.0587. The van der Waals surface area contributed by atoms with Gasteiger partial charge in [0.25, 0.3) is 0 Å². The van der Waals surface area contributed by atoms with Crippen LogP contribution in [-0.4, -0.2) is 43.1 Å². The normalized spacial score (nSPS) is 27.9. The third kappa shape index (κ3) is 5.72. The molecule has 2 heterocycles. The maximum atomic E-state index is 13.3. The molecular weight excluding hydrogens is 472 g/mol. The summed E-state index contributed by atoms with van der Waals surface area (Å²) in [7, 11) is 2.17.